The van der Waals surface area contributed by atoms with Crippen molar-refractivity contribution in [1.29, 1.82) is 0 Å². The summed E-state index contributed by atoms with van der Waals surface area (Å²) in [4.78, 5) is 14.9. The van der Waals surface area contributed by atoms with E-state index in [4.69, 9.17) is 9.15 Å². The van der Waals surface area contributed by atoms with E-state index < -0.39 is 0 Å². The molecular weight excluding hydrogens is 316 g/mol. The van der Waals surface area contributed by atoms with Gasteiger partial charge in [-0.25, -0.2) is 0 Å². The molecule has 5 nitrogen and oxygen atoms in total. The van der Waals surface area contributed by atoms with Gasteiger partial charge >= 0.3 is 0 Å². The minimum absolute atomic E-state index is 0.0417. The van der Waals surface area contributed by atoms with Gasteiger partial charge in [0.1, 0.15) is 11.5 Å². The number of hydrogen-bond donors (Lipinski definition) is 0. The van der Waals surface area contributed by atoms with Gasteiger partial charge < -0.3 is 18.6 Å². The second kappa shape index (κ2) is 6.41. The highest BCUT2D eigenvalue weighted by atomic mass is 16.5. The molecule has 0 unspecified atom stereocenters. The molecule has 0 N–H and O–H groups in total. The fourth-order valence-corrected chi connectivity index (χ4v) is 3.43. The molecule has 1 fully saturated rings. The third-order valence-corrected chi connectivity index (χ3v) is 4.65. The summed E-state index contributed by atoms with van der Waals surface area (Å²) >= 11 is 0. The number of furan rings is 1. The topological polar surface area (TPSA) is 47.6 Å². The second-order valence-electron chi connectivity index (χ2n) is 6.62. The summed E-state index contributed by atoms with van der Waals surface area (Å²) in [5.41, 5.74) is 4.80. The van der Waals surface area contributed by atoms with Crippen LogP contribution in [0.4, 0.5) is 0 Å². The number of amides is 1. The van der Waals surface area contributed by atoms with Gasteiger partial charge in [0.05, 0.1) is 18.7 Å². The SMILES string of the molecule is Cc1cccc(Cn2c(C(=O)N3CCOCC3)cc3oc(C)cc32)c1. The van der Waals surface area contributed by atoms with Crippen molar-refractivity contribution in [1.82, 2.24) is 9.47 Å². The highest BCUT2D eigenvalue weighted by Crippen LogP contribution is 2.26. The molecule has 0 atom stereocenters. The van der Waals surface area contributed by atoms with Crippen LogP contribution in [0.2, 0.25) is 0 Å². The Morgan fingerprint density at radius 2 is 1.92 bits per heavy atom. The van der Waals surface area contributed by atoms with Crippen LogP contribution in [0.3, 0.4) is 0 Å². The molecule has 1 aliphatic rings. The standard InChI is InChI=1S/C20H22N2O3/c1-14-4-3-5-16(10-14)13-22-17-11-15(2)25-19(17)12-18(22)20(23)21-6-8-24-9-7-21/h3-5,10-12H,6-9,13H2,1-2H3. The quantitative estimate of drug-likeness (QED) is 0.736. The Bertz CT molecular complexity index is 916. The van der Waals surface area contributed by atoms with Gasteiger partial charge in [0, 0.05) is 31.8 Å². The van der Waals surface area contributed by atoms with E-state index in [9.17, 15) is 4.79 Å². The maximum Gasteiger partial charge on any atom is 0.270 e. The van der Waals surface area contributed by atoms with Crippen molar-refractivity contribution in [3.8, 4) is 0 Å². The van der Waals surface area contributed by atoms with Gasteiger partial charge in [-0.3, -0.25) is 4.79 Å². The van der Waals surface area contributed by atoms with Gasteiger partial charge in [-0.2, -0.15) is 0 Å². The van der Waals surface area contributed by atoms with E-state index in [2.05, 4.69) is 35.8 Å². The fraction of sp³-hybridized carbons (Fsp3) is 0.350. The number of carbonyl (C=O) groups excluding carboxylic acids is 1. The van der Waals surface area contributed by atoms with Crippen molar-refractivity contribution < 1.29 is 13.9 Å². The van der Waals surface area contributed by atoms with Crippen LogP contribution in [0.5, 0.6) is 0 Å². The van der Waals surface area contributed by atoms with E-state index in [1.807, 2.05) is 24.0 Å². The summed E-state index contributed by atoms with van der Waals surface area (Å²) in [5, 5.41) is 0. The summed E-state index contributed by atoms with van der Waals surface area (Å²) in [6, 6.07) is 12.2. The Labute approximate surface area is 146 Å². The lowest BCUT2D eigenvalue weighted by Crippen LogP contribution is -2.41. The first-order valence-electron chi connectivity index (χ1n) is 8.64. The summed E-state index contributed by atoms with van der Waals surface area (Å²) in [6.45, 7) is 7.12. The minimum Gasteiger partial charge on any atom is -0.460 e. The van der Waals surface area contributed by atoms with E-state index in [-0.39, 0.29) is 5.91 Å². The molecule has 5 heteroatoms. The van der Waals surface area contributed by atoms with E-state index >= 15 is 0 Å². The van der Waals surface area contributed by atoms with Crippen LogP contribution in [-0.2, 0) is 11.3 Å². The largest absolute Gasteiger partial charge is 0.460 e. The molecule has 1 saturated heterocycles. The molecule has 0 bridgehead atoms. The first-order chi connectivity index (χ1) is 12.1. The number of fused-ring (bicyclic) bond motifs is 1. The first-order valence-corrected chi connectivity index (χ1v) is 8.64. The number of aryl methyl sites for hydroxylation is 2. The molecule has 1 amide bonds. The van der Waals surface area contributed by atoms with E-state index in [1.54, 1.807) is 0 Å². The monoisotopic (exact) mass is 338 g/mol. The Hall–Kier alpha value is -2.53. The van der Waals surface area contributed by atoms with Crippen LogP contribution < -0.4 is 0 Å². The normalized spacial score (nSPS) is 15.0. The molecule has 1 aromatic carbocycles. The van der Waals surface area contributed by atoms with Gasteiger partial charge in [0.15, 0.2) is 5.58 Å². The molecule has 2 aromatic heterocycles. The zero-order chi connectivity index (χ0) is 17.4. The third kappa shape index (κ3) is 3.07. The molecule has 3 heterocycles. The van der Waals surface area contributed by atoms with Crippen molar-refractivity contribution in [2.24, 2.45) is 0 Å². The highest BCUT2D eigenvalue weighted by Gasteiger charge is 2.24. The predicted molar refractivity (Wildman–Crippen MR) is 95.9 cm³/mol. The number of hydrogen-bond acceptors (Lipinski definition) is 3. The summed E-state index contributed by atoms with van der Waals surface area (Å²) in [6.07, 6.45) is 0. The molecule has 4 rings (SSSR count). The van der Waals surface area contributed by atoms with Crippen LogP contribution in [-0.4, -0.2) is 41.7 Å². The number of carbonyl (C=O) groups is 1. The second-order valence-corrected chi connectivity index (χ2v) is 6.62. The minimum atomic E-state index is 0.0417. The first kappa shape index (κ1) is 16.0. The van der Waals surface area contributed by atoms with Crippen molar-refractivity contribution in [3.63, 3.8) is 0 Å². The highest BCUT2D eigenvalue weighted by molar-refractivity contribution is 5.97. The summed E-state index contributed by atoms with van der Waals surface area (Å²) < 4.78 is 13.2. The van der Waals surface area contributed by atoms with Gasteiger partial charge in [0.25, 0.3) is 5.91 Å². The average Bonchev–Trinajstić information content (AvgIpc) is 3.12. The van der Waals surface area contributed by atoms with Gasteiger partial charge in [-0.15, -0.1) is 0 Å². The zero-order valence-electron chi connectivity index (χ0n) is 14.6. The molecule has 0 saturated carbocycles. The van der Waals surface area contributed by atoms with Crippen LogP contribution in [0, 0.1) is 13.8 Å². The Morgan fingerprint density at radius 1 is 1.12 bits per heavy atom. The fourth-order valence-electron chi connectivity index (χ4n) is 3.43. The Balaban J connectivity index is 1.75. The predicted octanol–water partition coefficient (Wildman–Crippen LogP) is 3.37. The zero-order valence-corrected chi connectivity index (χ0v) is 14.6. The lowest BCUT2D eigenvalue weighted by Gasteiger charge is -2.27. The van der Waals surface area contributed by atoms with Crippen LogP contribution in [0.1, 0.15) is 27.4 Å². The third-order valence-electron chi connectivity index (χ3n) is 4.65. The maximum atomic E-state index is 13.0. The summed E-state index contributed by atoms with van der Waals surface area (Å²) in [5.74, 6) is 0.897. The van der Waals surface area contributed by atoms with Gasteiger partial charge in [0.2, 0.25) is 0 Å². The van der Waals surface area contributed by atoms with Crippen molar-refractivity contribution in [2.45, 2.75) is 20.4 Å². The van der Waals surface area contributed by atoms with Crippen LogP contribution in [0.15, 0.2) is 40.8 Å². The number of ether oxygens (including phenoxy) is 1. The molecule has 3 aromatic rings. The van der Waals surface area contributed by atoms with Gasteiger partial charge in [-0.05, 0) is 19.4 Å². The molecule has 0 radical (unpaired) electrons. The van der Waals surface area contributed by atoms with Gasteiger partial charge in [-0.1, -0.05) is 29.8 Å². The lowest BCUT2D eigenvalue weighted by atomic mass is 10.1. The number of rotatable bonds is 3. The maximum absolute atomic E-state index is 13.0. The van der Waals surface area contributed by atoms with E-state index in [0.29, 0.717) is 38.5 Å². The molecule has 0 spiro atoms. The smallest absolute Gasteiger partial charge is 0.270 e. The van der Waals surface area contributed by atoms with Crippen molar-refractivity contribution in [3.05, 3.63) is 59.0 Å². The molecular formula is C20H22N2O3. The number of benzene rings is 1. The Kier molecular flexibility index (Phi) is 4.09. The lowest BCUT2D eigenvalue weighted by molar-refractivity contribution is 0.0296. The average molecular weight is 338 g/mol. The number of morpholine rings is 1. The molecule has 130 valence electrons. The number of aromatic nitrogens is 1. The van der Waals surface area contributed by atoms with E-state index in [0.717, 1.165) is 16.9 Å². The van der Waals surface area contributed by atoms with Crippen LogP contribution in [0.25, 0.3) is 11.1 Å². The molecule has 25 heavy (non-hydrogen) atoms. The van der Waals surface area contributed by atoms with Crippen LogP contribution >= 0.6 is 0 Å². The molecule has 1 aliphatic heterocycles. The summed E-state index contributed by atoms with van der Waals surface area (Å²) in [7, 11) is 0. The number of nitrogens with zero attached hydrogens (tertiary/aromatic N) is 2. The van der Waals surface area contributed by atoms with E-state index in [1.165, 1.54) is 11.1 Å². The van der Waals surface area contributed by atoms with Crippen molar-refractivity contribution >= 4 is 17.0 Å². The Morgan fingerprint density at radius 3 is 2.68 bits per heavy atom. The molecule has 0 aliphatic carbocycles. The van der Waals surface area contributed by atoms with Crippen molar-refractivity contribution in [2.75, 3.05) is 26.3 Å².